The van der Waals surface area contributed by atoms with Crippen molar-refractivity contribution in [1.82, 2.24) is 15.0 Å². The van der Waals surface area contributed by atoms with E-state index in [1.807, 2.05) is 17.0 Å². The number of aromatic nitrogens is 2. The number of amides is 1. The molecule has 2 aromatic rings. The van der Waals surface area contributed by atoms with Crippen molar-refractivity contribution in [2.24, 2.45) is 0 Å². The van der Waals surface area contributed by atoms with Crippen LogP contribution in [0.25, 0.3) is 0 Å². The van der Waals surface area contributed by atoms with Crippen LogP contribution in [0.5, 0.6) is 0 Å². The van der Waals surface area contributed by atoms with Crippen molar-refractivity contribution in [1.29, 1.82) is 0 Å². The highest BCUT2D eigenvalue weighted by molar-refractivity contribution is 5.96. The number of fused-ring (bicyclic) bond motifs is 1. The Balaban J connectivity index is 1.69. The zero-order chi connectivity index (χ0) is 15.6. The molecule has 4 rings (SSSR count). The summed E-state index contributed by atoms with van der Waals surface area (Å²) in [7, 11) is 0. The maximum absolute atomic E-state index is 13.3. The van der Waals surface area contributed by atoms with Gasteiger partial charge in [0, 0.05) is 12.1 Å². The van der Waals surface area contributed by atoms with E-state index in [-0.39, 0.29) is 11.9 Å². The topological polar surface area (TPSA) is 59.2 Å². The fraction of sp³-hybridized carbons (Fsp3) is 0.500. The summed E-state index contributed by atoms with van der Waals surface area (Å²) < 4.78 is 4.92. The van der Waals surface area contributed by atoms with Gasteiger partial charge in [-0.2, -0.15) is 4.98 Å². The van der Waals surface area contributed by atoms with E-state index in [1.165, 1.54) is 17.5 Å². The van der Waals surface area contributed by atoms with Crippen LogP contribution in [0.15, 0.2) is 29.1 Å². The number of hydrogen-bond acceptors (Lipinski definition) is 4. The van der Waals surface area contributed by atoms with Gasteiger partial charge < -0.3 is 9.42 Å². The fourth-order valence-corrected chi connectivity index (χ4v) is 3.92. The van der Waals surface area contributed by atoms with E-state index in [4.69, 9.17) is 4.52 Å². The molecule has 1 aliphatic carbocycles. The van der Waals surface area contributed by atoms with Crippen molar-refractivity contribution >= 4 is 5.91 Å². The fourth-order valence-electron chi connectivity index (χ4n) is 3.92. The average Bonchev–Trinajstić information content (AvgIpc) is 3.21. The summed E-state index contributed by atoms with van der Waals surface area (Å²) >= 11 is 0. The molecule has 0 saturated carbocycles. The summed E-state index contributed by atoms with van der Waals surface area (Å²) in [4.78, 5) is 19.4. The summed E-state index contributed by atoms with van der Waals surface area (Å²) in [6, 6.07) is 6.07. The largest absolute Gasteiger partial charge is 0.343 e. The van der Waals surface area contributed by atoms with Crippen LogP contribution in [0.3, 0.4) is 0 Å². The van der Waals surface area contributed by atoms with Crippen molar-refractivity contribution in [2.75, 3.05) is 6.54 Å². The van der Waals surface area contributed by atoms with E-state index < -0.39 is 0 Å². The quantitative estimate of drug-likeness (QED) is 0.853. The van der Waals surface area contributed by atoms with Gasteiger partial charge in [0.25, 0.3) is 5.91 Å². The van der Waals surface area contributed by atoms with Crippen molar-refractivity contribution in [3.8, 4) is 0 Å². The van der Waals surface area contributed by atoms with Gasteiger partial charge in [0.2, 0.25) is 6.39 Å². The third kappa shape index (κ3) is 2.64. The lowest BCUT2D eigenvalue weighted by Gasteiger charge is -2.28. The molecule has 2 heterocycles. The molecule has 1 amide bonds. The Bertz CT molecular complexity index is 696. The Morgan fingerprint density at radius 1 is 1.17 bits per heavy atom. The van der Waals surface area contributed by atoms with Gasteiger partial charge in [0.15, 0.2) is 5.82 Å². The highest BCUT2D eigenvalue weighted by Crippen LogP contribution is 2.32. The number of benzene rings is 1. The van der Waals surface area contributed by atoms with Crippen molar-refractivity contribution in [3.63, 3.8) is 0 Å². The van der Waals surface area contributed by atoms with Gasteiger partial charge in [-0.1, -0.05) is 30.1 Å². The molecular weight excluding hydrogens is 290 g/mol. The minimum Gasteiger partial charge on any atom is -0.343 e. The smallest absolute Gasteiger partial charge is 0.254 e. The number of carbonyl (C=O) groups is 1. The van der Waals surface area contributed by atoms with E-state index in [2.05, 4.69) is 16.2 Å². The highest BCUT2D eigenvalue weighted by atomic mass is 16.5. The second-order valence-corrected chi connectivity index (χ2v) is 6.45. The monoisotopic (exact) mass is 311 g/mol. The Morgan fingerprint density at radius 3 is 3.00 bits per heavy atom. The minimum absolute atomic E-state index is 0.0685. The predicted octanol–water partition coefficient (Wildman–Crippen LogP) is 3.32. The third-order valence-electron chi connectivity index (χ3n) is 5.07. The van der Waals surface area contributed by atoms with E-state index in [9.17, 15) is 4.79 Å². The predicted molar refractivity (Wildman–Crippen MR) is 85.0 cm³/mol. The van der Waals surface area contributed by atoms with Crippen LogP contribution in [-0.4, -0.2) is 27.5 Å². The first-order chi connectivity index (χ1) is 11.3. The number of hydrogen-bond donors (Lipinski definition) is 0. The lowest BCUT2D eigenvalue weighted by molar-refractivity contribution is 0.0669. The Morgan fingerprint density at radius 2 is 2.13 bits per heavy atom. The Hall–Kier alpha value is -2.17. The number of likely N-dealkylation sites (tertiary alicyclic amines) is 1. The van der Waals surface area contributed by atoms with Gasteiger partial charge in [0.05, 0.1) is 6.04 Å². The molecule has 5 nitrogen and oxygen atoms in total. The normalized spacial score (nSPS) is 21.0. The van der Waals surface area contributed by atoms with Gasteiger partial charge in [0.1, 0.15) is 0 Å². The maximum Gasteiger partial charge on any atom is 0.254 e. The molecule has 0 unspecified atom stereocenters. The summed E-state index contributed by atoms with van der Waals surface area (Å²) in [6.45, 7) is 0.766. The van der Waals surface area contributed by atoms with Crippen LogP contribution in [0.1, 0.15) is 65.5 Å². The zero-order valence-corrected chi connectivity index (χ0v) is 13.2. The highest BCUT2D eigenvalue weighted by Gasteiger charge is 2.32. The number of carbonyl (C=O) groups excluding carboxylic acids is 1. The standard InChI is InChI=1S/C18H21N3O2/c22-18(15-9-5-7-13-6-4-8-14(13)15)21-11-3-1-2-10-16(21)17-19-12-23-20-17/h5,7,9,12,16H,1-4,6,8,10-11H2/t16-/m1/s1. The Labute approximate surface area is 135 Å². The van der Waals surface area contributed by atoms with Gasteiger partial charge in [-0.15, -0.1) is 0 Å². The molecule has 23 heavy (non-hydrogen) atoms. The molecule has 0 bridgehead atoms. The minimum atomic E-state index is -0.0685. The van der Waals surface area contributed by atoms with Crippen LogP contribution in [-0.2, 0) is 12.8 Å². The molecule has 120 valence electrons. The molecule has 2 aliphatic rings. The number of aryl methyl sites for hydroxylation is 1. The van der Waals surface area contributed by atoms with Gasteiger partial charge >= 0.3 is 0 Å². The van der Waals surface area contributed by atoms with Gasteiger partial charge in [-0.05, 0) is 49.3 Å². The maximum atomic E-state index is 13.3. The lowest BCUT2D eigenvalue weighted by Crippen LogP contribution is -2.35. The molecule has 0 radical (unpaired) electrons. The van der Waals surface area contributed by atoms with Gasteiger partial charge in [-0.3, -0.25) is 4.79 Å². The van der Waals surface area contributed by atoms with Crippen LogP contribution in [0, 0.1) is 0 Å². The SMILES string of the molecule is O=C(c1cccc2c1CCC2)N1CCCCC[C@@H]1c1ncon1. The van der Waals surface area contributed by atoms with Crippen LogP contribution in [0.4, 0.5) is 0 Å². The molecular formula is C18H21N3O2. The van der Waals surface area contributed by atoms with E-state index >= 15 is 0 Å². The molecule has 0 spiro atoms. The van der Waals surface area contributed by atoms with E-state index in [0.717, 1.165) is 57.1 Å². The van der Waals surface area contributed by atoms with Crippen molar-refractivity contribution in [3.05, 3.63) is 47.1 Å². The van der Waals surface area contributed by atoms with Crippen molar-refractivity contribution in [2.45, 2.75) is 51.0 Å². The second kappa shape index (κ2) is 6.14. The third-order valence-corrected chi connectivity index (χ3v) is 5.07. The lowest BCUT2D eigenvalue weighted by atomic mass is 10.0. The summed E-state index contributed by atoms with van der Waals surface area (Å²) in [5.74, 6) is 0.758. The first kappa shape index (κ1) is 14.4. The van der Waals surface area contributed by atoms with Crippen molar-refractivity contribution < 1.29 is 9.32 Å². The van der Waals surface area contributed by atoms with E-state index in [1.54, 1.807) is 0 Å². The first-order valence-electron chi connectivity index (χ1n) is 8.52. The molecule has 0 N–H and O–H groups in total. The summed E-state index contributed by atoms with van der Waals surface area (Å²) in [6.07, 6.45) is 8.77. The number of rotatable bonds is 2. The first-order valence-corrected chi connectivity index (χ1v) is 8.52. The second-order valence-electron chi connectivity index (χ2n) is 6.45. The molecule has 1 aromatic heterocycles. The average molecular weight is 311 g/mol. The molecule has 1 saturated heterocycles. The molecule has 1 aliphatic heterocycles. The molecule has 5 heteroatoms. The van der Waals surface area contributed by atoms with Crippen LogP contribution >= 0.6 is 0 Å². The van der Waals surface area contributed by atoms with Gasteiger partial charge in [-0.25, -0.2) is 0 Å². The zero-order valence-electron chi connectivity index (χ0n) is 13.2. The summed E-state index contributed by atoms with van der Waals surface area (Å²) in [5.41, 5.74) is 3.45. The Kier molecular flexibility index (Phi) is 3.85. The molecule has 1 aromatic carbocycles. The van der Waals surface area contributed by atoms with Crippen LogP contribution < -0.4 is 0 Å². The number of nitrogens with zero attached hydrogens (tertiary/aromatic N) is 3. The molecule has 1 fully saturated rings. The summed E-state index contributed by atoms with van der Waals surface area (Å²) in [5, 5.41) is 4.00. The van der Waals surface area contributed by atoms with E-state index in [0.29, 0.717) is 5.82 Å². The van der Waals surface area contributed by atoms with Crippen LogP contribution in [0.2, 0.25) is 0 Å². The molecule has 1 atom stereocenters.